The zero-order valence-corrected chi connectivity index (χ0v) is 6.62. The minimum atomic E-state index is 0.348. The molecule has 0 heterocycles. The predicted octanol–water partition coefficient (Wildman–Crippen LogP) is 1.90. The fourth-order valence-corrected chi connectivity index (χ4v) is 2.70. The van der Waals surface area contributed by atoms with Crippen LogP contribution in [0.2, 0.25) is 0 Å². The molecule has 0 aliphatic heterocycles. The number of carbonyl (C=O) groups excluding carboxylic acids is 1. The second-order valence-corrected chi connectivity index (χ2v) is 3.74. The van der Waals surface area contributed by atoms with Crippen LogP contribution >= 0.6 is 0 Å². The van der Waals surface area contributed by atoms with Gasteiger partial charge in [-0.2, -0.15) is 0 Å². The standard InChI is InChI=1S/C9H13NO/c11-6-10-9-7-2-1-3-8(9)5-4-7/h7-9H,1-5H2. The number of rotatable bonds is 1. The van der Waals surface area contributed by atoms with Crippen molar-refractivity contribution in [1.29, 1.82) is 0 Å². The molecule has 2 aliphatic rings. The van der Waals surface area contributed by atoms with Gasteiger partial charge in [-0.1, -0.05) is 6.42 Å². The molecule has 0 radical (unpaired) electrons. The number of aliphatic imine (C=N–C) groups is 1. The Kier molecular flexibility index (Phi) is 1.79. The van der Waals surface area contributed by atoms with Crippen LogP contribution in [-0.4, -0.2) is 12.1 Å². The summed E-state index contributed by atoms with van der Waals surface area (Å²) in [6.07, 6.45) is 8.21. The highest BCUT2D eigenvalue weighted by Gasteiger charge is 2.38. The van der Waals surface area contributed by atoms with Crippen molar-refractivity contribution in [3.05, 3.63) is 0 Å². The first kappa shape index (κ1) is 7.05. The Morgan fingerprint density at radius 1 is 1.09 bits per heavy atom. The lowest BCUT2D eigenvalue weighted by Gasteiger charge is -2.24. The second-order valence-electron chi connectivity index (χ2n) is 3.74. The van der Waals surface area contributed by atoms with Crippen molar-refractivity contribution < 1.29 is 4.79 Å². The molecule has 0 spiro atoms. The molecule has 2 nitrogen and oxygen atoms in total. The number of nitrogens with zero attached hydrogens (tertiary/aromatic N) is 1. The van der Waals surface area contributed by atoms with E-state index in [0.29, 0.717) is 6.04 Å². The molecule has 2 bridgehead atoms. The summed E-state index contributed by atoms with van der Waals surface area (Å²) in [6.45, 7) is 0. The molecule has 0 aromatic carbocycles. The van der Waals surface area contributed by atoms with Crippen molar-refractivity contribution in [2.45, 2.75) is 38.1 Å². The van der Waals surface area contributed by atoms with Crippen LogP contribution in [0.1, 0.15) is 32.1 Å². The van der Waals surface area contributed by atoms with E-state index in [4.69, 9.17) is 0 Å². The van der Waals surface area contributed by atoms with E-state index in [0.717, 1.165) is 11.8 Å². The van der Waals surface area contributed by atoms with Crippen molar-refractivity contribution in [1.82, 2.24) is 0 Å². The van der Waals surface area contributed by atoms with Crippen LogP contribution in [0.15, 0.2) is 4.99 Å². The van der Waals surface area contributed by atoms with E-state index in [1.165, 1.54) is 32.1 Å². The van der Waals surface area contributed by atoms with Crippen LogP contribution in [0.5, 0.6) is 0 Å². The Balaban J connectivity index is 2.14. The smallest absolute Gasteiger partial charge is 0.211 e. The summed E-state index contributed by atoms with van der Waals surface area (Å²) in [5, 5.41) is 0. The molecule has 0 N–H and O–H groups in total. The van der Waals surface area contributed by atoms with Gasteiger partial charge < -0.3 is 0 Å². The molecule has 0 amide bonds. The zero-order chi connectivity index (χ0) is 7.68. The third kappa shape index (κ3) is 1.12. The molecule has 2 aliphatic carbocycles. The van der Waals surface area contributed by atoms with Gasteiger partial charge in [-0.3, -0.25) is 0 Å². The summed E-state index contributed by atoms with van der Waals surface area (Å²) in [6, 6.07) is 0.348. The Hall–Kier alpha value is -0.620. The summed E-state index contributed by atoms with van der Waals surface area (Å²) < 4.78 is 0. The highest BCUT2D eigenvalue weighted by Crippen LogP contribution is 2.43. The van der Waals surface area contributed by atoms with Gasteiger partial charge in [-0.25, -0.2) is 9.79 Å². The molecular formula is C9H13NO. The van der Waals surface area contributed by atoms with Gasteiger partial charge in [-0.15, -0.1) is 0 Å². The maximum absolute atomic E-state index is 10.1. The monoisotopic (exact) mass is 151 g/mol. The minimum Gasteiger partial charge on any atom is -0.211 e. The van der Waals surface area contributed by atoms with Crippen molar-refractivity contribution in [3.8, 4) is 0 Å². The van der Waals surface area contributed by atoms with E-state index in [2.05, 4.69) is 4.99 Å². The van der Waals surface area contributed by atoms with Crippen LogP contribution in [0, 0.1) is 11.8 Å². The van der Waals surface area contributed by atoms with E-state index >= 15 is 0 Å². The lowest BCUT2D eigenvalue weighted by molar-refractivity contribution is 0.305. The van der Waals surface area contributed by atoms with Crippen molar-refractivity contribution >= 4 is 6.08 Å². The number of hydrogen-bond donors (Lipinski definition) is 0. The van der Waals surface area contributed by atoms with Gasteiger partial charge in [0.25, 0.3) is 0 Å². The van der Waals surface area contributed by atoms with Crippen LogP contribution in [0.4, 0.5) is 0 Å². The van der Waals surface area contributed by atoms with Gasteiger partial charge >= 0.3 is 0 Å². The first-order chi connectivity index (χ1) is 5.42. The highest BCUT2D eigenvalue weighted by atomic mass is 16.1. The molecule has 11 heavy (non-hydrogen) atoms. The van der Waals surface area contributed by atoms with Gasteiger partial charge in [0, 0.05) is 0 Å². The van der Waals surface area contributed by atoms with E-state index in [1.54, 1.807) is 6.08 Å². The fraction of sp³-hybridized carbons (Fsp3) is 0.889. The molecular weight excluding hydrogens is 138 g/mol. The second kappa shape index (κ2) is 2.78. The molecule has 60 valence electrons. The minimum absolute atomic E-state index is 0.348. The van der Waals surface area contributed by atoms with E-state index in [-0.39, 0.29) is 0 Å². The van der Waals surface area contributed by atoms with Gasteiger partial charge in [0.15, 0.2) is 0 Å². The predicted molar refractivity (Wildman–Crippen MR) is 42.0 cm³/mol. The van der Waals surface area contributed by atoms with E-state index in [9.17, 15) is 4.79 Å². The molecule has 2 atom stereocenters. The summed E-state index contributed by atoms with van der Waals surface area (Å²) in [5.41, 5.74) is 0. The lowest BCUT2D eigenvalue weighted by Crippen LogP contribution is -2.23. The summed E-state index contributed by atoms with van der Waals surface area (Å²) in [4.78, 5) is 14.0. The SMILES string of the molecule is O=C=NC1C2CCCC1CC2. The maximum atomic E-state index is 10.1. The molecule has 2 rings (SSSR count). The lowest BCUT2D eigenvalue weighted by atomic mass is 9.85. The Morgan fingerprint density at radius 3 is 2.27 bits per heavy atom. The van der Waals surface area contributed by atoms with Crippen LogP contribution in [0.3, 0.4) is 0 Å². The average Bonchev–Trinajstić information content (AvgIpc) is 2.30. The molecule has 2 fully saturated rings. The maximum Gasteiger partial charge on any atom is 0.235 e. The van der Waals surface area contributed by atoms with E-state index in [1.807, 2.05) is 0 Å². The Bertz CT molecular complexity index is 180. The molecule has 0 aromatic rings. The Morgan fingerprint density at radius 2 is 1.73 bits per heavy atom. The molecule has 2 unspecified atom stereocenters. The van der Waals surface area contributed by atoms with Gasteiger partial charge in [0.1, 0.15) is 0 Å². The van der Waals surface area contributed by atoms with Crippen molar-refractivity contribution in [2.24, 2.45) is 16.8 Å². The third-order valence-corrected chi connectivity index (χ3v) is 3.23. The third-order valence-electron chi connectivity index (χ3n) is 3.23. The number of fused-ring (bicyclic) bond motifs is 2. The molecule has 2 heteroatoms. The van der Waals surface area contributed by atoms with Crippen LogP contribution < -0.4 is 0 Å². The average molecular weight is 151 g/mol. The summed E-state index contributed by atoms with van der Waals surface area (Å²) in [7, 11) is 0. The topological polar surface area (TPSA) is 29.4 Å². The largest absolute Gasteiger partial charge is 0.235 e. The van der Waals surface area contributed by atoms with E-state index < -0.39 is 0 Å². The quantitative estimate of drug-likeness (QED) is 0.415. The first-order valence-electron chi connectivity index (χ1n) is 4.49. The fourth-order valence-electron chi connectivity index (χ4n) is 2.70. The normalized spacial score (nSPS) is 41.6. The molecule has 0 saturated heterocycles. The van der Waals surface area contributed by atoms with Crippen LogP contribution in [0.25, 0.3) is 0 Å². The molecule has 0 aromatic heterocycles. The summed E-state index contributed by atoms with van der Waals surface area (Å²) in [5.74, 6) is 1.44. The molecule has 2 saturated carbocycles. The summed E-state index contributed by atoms with van der Waals surface area (Å²) >= 11 is 0. The number of isocyanates is 1. The Labute approximate surface area is 66.7 Å². The van der Waals surface area contributed by atoms with Gasteiger partial charge in [0.2, 0.25) is 6.08 Å². The van der Waals surface area contributed by atoms with Gasteiger partial charge in [0.05, 0.1) is 6.04 Å². The highest BCUT2D eigenvalue weighted by molar-refractivity contribution is 5.34. The zero-order valence-electron chi connectivity index (χ0n) is 6.62. The van der Waals surface area contributed by atoms with Crippen LogP contribution in [-0.2, 0) is 4.79 Å². The van der Waals surface area contributed by atoms with Crippen molar-refractivity contribution in [3.63, 3.8) is 0 Å². The van der Waals surface area contributed by atoms with Gasteiger partial charge in [-0.05, 0) is 37.5 Å². The first-order valence-corrected chi connectivity index (χ1v) is 4.49. The number of hydrogen-bond acceptors (Lipinski definition) is 2. The van der Waals surface area contributed by atoms with Crippen molar-refractivity contribution in [2.75, 3.05) is 0 Å².